The highest BCUT2D eigenvalue weighted by Crippen LogP contribution is 2.23. The second-order valence-corrected chi connectivity index (χ2v) is 9.59. The third-order valence-corrected chi connectivity index (χ3v) is 6.25. The van der Waals surface area contributed by atoms with Gasteiger partial charge in [0.15, 0.2) is 0 Å². The molecule has 0 spiro atoms. The molecule has 1 aromatic carbocycles. The van der Waals surface area contributed by atoms with Crippen LogP contribution in [0.5, 0.6) is 0 Å². The molecule has 0 saturated carbocycles. The lowest BCUT2D eigenvalue weighted by Gasteiger charge is -2.30. The Hall–Kier alpha value is -2.25. The monoisotopic (exact) mass is 428 g/mol. The Morgan fingerprint density at radius 1 is 1.23 bits per heavy atom. The largest absolute Gasteiger partial charge is 0.352 e. The maximum Gasteiger partial charge on any atom is 0.251 e. The highest BCUT2D eigenvalue weighted by molar-refractivity contribution is 7.09. The second-order valence-electron chi connectivity index (χ2n) is 8.53. The molecule has 2 amide bonds. The molecule has 0 bridgehead atoms. The van der Waals surface area contributed by atoms with Gasteiger partial charge in [0.05, 0.1) is 10.7 Å². The highest BCUT2D eigenvalue weighted by Gasteiger charge is 2.25. The van der Waals surface area contributed by atoms with Gasteiger partial charge >= 0.3 is 0 Å². The van der Waals surface area contributed by atoms with E-state index in [0.717, 1.165) is 54.4 Å². The molecule has 1 aliphatic rings. The molecule has 1 saturated heterocycles. The van der Waals surface area contributed by atoms with Crippen LogP contribution in [-0.2, 0) is 11.3 Å². The number of carbonyl (C=O) groups is 2. The minimum Gasteiger partial charge on any atom is -0.352 e. The Morgan fingerprint density at radius 3 is 2.57 bits per heavy atom. The number of benzene rings is 1. The number of nitrogens with zero attached hydrogens (tertiary/aromatic N) is 2. The number of anilines is 1. The lowest BCUT2D eigenvalue weighted by molar-refractivity contribution is -0.121. The molecule has 7 heteroatoms. The van der Waals surface area contributed by atoms with Crippen molar-refractivity contribution in [2.24, 2.45) is 11.8 Å². The normalized spacial score (nSPS) is 15.4. The summed E-state index contributed by atoms with van der Waals surface area (Å²) in [6.07, 6.45) is 1.70. The molecular weight excluding hydrogens is 396 g/mol. The van der Waals surface area contributed by atoms with Gasteiger partial charge in [-0.3, -0.25) is 14.5 Å². The standard InChI is InChI=1S/C23H32N4O2S/c1-15(2)12-24-22(28)19-5-6-21(16(3)11-19)26-23(29)18-7-9-27(10-8-18)13-20-14-30-17(4)25-20/h5-6,11,14-15,18H,7-10,12-13H2,1-4H3,(H,24,28)(H,26,29). The van der Waals surface area contributed by atoms with Gasteiger partial charge in [-0.2, -0.15) is 0 Å². The van der Waals surface area contributed by atoms with Crippen molar-refractivity contribution in [2.75, 3.05) is 25.0 Å². The van der Waals surface area contributed by atoms with Gasteiger partial charge in [-0.1, -0.05) is 13.8 Å². The average Bonchev–Trinajstić information content (AvgIpc) is 3.12. The van der Waals surface area contributed by atoms with Crippen molar-refractivity contribution >= 4 is 28.8 Å². The predicted octanol–water partition coefficient (Wildman–Crippen LogP) is 4.00. The second kappa shape index (κ2) is 10.2. The zero-order valence-electron chi connectivity index (χ0n) is 18.3. The molecule has 1 fully saturated rings. The molecular formula is C23H32N4O2S. The van der Waals surface area contributed by atoms with Gasteiger partial charge in [0.2, 0.25) is 5.91 Å². The van der Waals surface area contributed by atoms with Gasteiger partial charge < -0.3 is 10.6 Å². The third-order valence-electron chi connectivity index (χ3n) is 5.43. The maximum atomic E-state index is 12.8. The van der Waals surface area contributed by atoms with Crippen molar-refractivity contribution in [2.45, 2.75) is 47.1 Å². The van der Waals surface area contributed by atoms with E-state index in [-0.39, 0.29) is 17.7 Å². The van der Waals surface area contributed by atoms with Gasteiger partial charge in [0.25, 0.3) is 5.91 Å². The van der Waals surface area contributed by atoms with Crippen LogP contribution in [0.3, 0.4) is 0 Å². The van der Waals surface area contributed by atoms with Crippen molar-refractivity contribution < 1.29 is 9.59 Å². The smallest absolute Gasteiger partial charge is 0.251 e. The molecule has 30 heavy (non-hydrogen) atoms. The Morgan fingerprint density at radius 2 is 1.97 bits per heavy atom. The minimum atomic E-state index is -0.0765. The lowest BCUT2D eigenvalue weighted by Crippen LogP contribution is -2.37. The van der Waals surface area contributed by atoms with Crippen LogP contribution in [0.25, 0.3) is 0 Å². The molecule has 2 heterocycles. The number of thiazole rings is 1. The van der Waals surface area contributed by atoms with Crippen molar-refractivity contribution in [1.29, 1.82) is 0 Å². The van der Waals surface area contributed by atoms with Crippen LogP contribution in [0.1, 0.15) is 53.3 Å². The van der Waals surface area contributed by atoms with Crippen LogP contribution < -0.4 is 10.6 Å². The van der Waals surface area contributed by atoms with Gasteiger partial charge in [-0.25, -0.2) is 4.98 Å². The lowest BCUT2D eigenvalue weighted by atomic mass is 9.95. The number of aryl methyl sites for hydroxylation is 2. The Labute approximate surface area is 183 Å². The molecule has 2 N–H and O–H groups in total. The molecule has 0 aliphatic carbocycles. The summed E-state index contributed by atoms with van der Waals surface area (Å²) in [5.74, 6) is 0.420. The number of rotatable bonds is 7. The summed E-state index contributed by atoms with van der Waals surface area (Å²) in [6, 6.07) is 5.44. The fraction of sp³-hybridized carbons (Fsp3) is 0.522. The fourth-order valence-corrected chi connectivity index (χ4v) is 4.25. The number of aromatic nitrogens is 1. The van der Waals surface area contributed by atoms with Gasteiger partial charge in [0.1, 0.15) is 0 Å². The highest BCUT2D eigenvalue weighted by atomic mass is 32.1. The topological polar surface area (TPSA) is 74.3 Å². The van der Waals surface area contributed by atoms with E-state index in [0.29, 0.717) is 18.0 Å². The van der Waals surface area contributed by atoms with Gasteiger partial charge in [-0.05, 0) is 69.5 Å². The summed E-state index contributed by atoms with van der Waals surface area (Å²) >= 11 is 1.68. The first-order chi connectivity index (χ1) is 14.3. The first kappa shape index (κ1) is 22.4. The van der Waals surface area contributed by atoms with Gasteiger partial charge in [0, 0.05) is 35.6 Å². The van der Waals surface area contributed by atoms with Crippen molar-refractivity contribution in [3.8, 4) is 0 Å². The summed E-state index contributed by atoms with van der Waals surface area (Å²) < 4.78 is 0. The number of hydrogen-bond acceptors (Lipinski definition) is 5. The summed E-state index contributed by atoms with van der Waals surface area (Å²) in [5, 5.41) is 9.20. The number of amides is 2. The van der Waals surface area contributed by atoms with Crippen molar-refractivity contribution in [3.05, 3.63) is 45.4 Å². The average molecular weight is 429 g/mol. The number of carbonyl (C=O) groups excluding carboxylic acids is 2. The molecule has 0 unspecified atom stereocenters. The molecule has 0 atom stereocenters. The van der Waals surface area contributed by atoms with Crippen LogP contribution >= 0.6 is 11.3 Å². The van der Waals surface area contributed by atoms with Crippen molar-refractivity contribution in [3.63, 3.8) is 0 Å². The fourth-order valence-electron chi connectivity index (χ4n) is 3.64. The molecule has 0 radical (unpaired) electrons. The van der Waals surface area contributed by atoms with E-state index in [4.69, 9.17) is 0 Å². The summed E-state index contributed by atoms with van der Waals surface area (Å²) in [5.41, 5.74) is 3.42. The first-order valence-electron chi connectivity index (χ1n) is 10.6. The predicted molar refractivity (Wildman–Crippen MR) is 122 cm³/mol. The van der Waals surface area contributed by atoms with E-state index in [1.807, 2.05) is 26.0 Å². The van der Waals surface area contributed by atoms with E-state index < -0.39 is 0 Å². The van der Waals surface area contributed by atoms with Crippen LogP contribution in [0.2, 0.25) is 0 Å². The van der Waals surface area contributed by atoms with E-state index in [9.17, 15) is 9.59 Å². The van der Waals surface area contributed by atoms with Gasteiger partial charge in [-0.15, -0.1) is 11.3 Å². The van der Waals surface area contributed by atoms with E-state index in [1.165, 1.54) is 0 Å². The first-order valence-corrected chi connectivity index (χ1v) is 11.5. The van der Waals surface area contributed by atoms with E-state index in [1.54, 1.807) is 17.4 Å². The molecule has 1 aliphatic heterocycles. The van der Waals surface area contributed by atoms with Crippen LogP contribution in [0, 0.1) is 25.7 Å². The summed E-state index contributed by atoms with van der Waals surface area (Å²) in [6.45, 7) is 11.4. The zero-order chi connectivity index (χ0) is 21.7. The summed E-state index contributed by atoms with van der Waals surface area (Å²) in [7, 11) is 0. The Kier molecular flexibility index (Phi) is 7.61. The van der Waals surface area contributed by atoms with Crippen molar-refractivity contribution in [1.82, 2.24) is 15.2 Å². The van der Waals surface area contributed by atoms with Crippen LogP contribution in [0.15, 0.2) is 23.6 Å². The zero-order valence-corrected chi connectivity index (χ0v) is 19.1. The number of nitrogens with one attached hydrogen (secondary N) is 2. The van der Waals surface area contributed by atoms with Crippen LogP contribution in [0.4, 0.5) is 5.69 Å². The quantitative estimate of drug-likeness (QED) is 0.699. The molecule has 162 valence electrons. The maximum absolute atomic E-state index is 12.8. The Bertz CT molecular complexity index is 885. The van der Waals surface area contributed by atoms with Crippen LogP contribution in [-0.4, -0.2) is 41.3 Å². The Balaban J connectivity index is 1.50. The SMILES string of the molecule is Cc1nc(CN2CCC(C(=O)Nc3ccc(C(=O)NCC(C)C)cc3C)CC2)cs1. The number of hydrogen-bond donors (Lipinski definition) is 2. The molecule has 2 aromatic rings. The minimum absolute atomic E-state index is 0.0202. The molecule has 3 rings (SSSR count). The number of piperidine rings is 1. The summed E-state index contributed by atoms with van der Waals surface area (Å²) in [4.78, 5) is 31.9. The molecule has 1 aromatic heterocycles. The van der Waals surface area contributed by atoms with E-state index in [2.05, 4.69) is 39.7 Å². The van der Waals surface area contributed by atoms with E-state index >= 15 is 0 Å². The number of likely N-dealkylation sites (tertiary alicyclic amines) is 1. The third kappa shape index (κ3) is 6.12. The molecule has 6 nitrogen and oxygen atoms in total.